The van der Waals surface area contributed by atoms with Crippen molar-refractivity contribution in [2.24, 2.45) is 11.8 Å². The molecule has 0 spiro atoms. The number of nitrogens with one attached hydrogen (secondary N) is 1. The molecule has 0 radical (unpaired) electrons. The van der Waals surface area contributed by atoms with Crippen LogP contribution >= 0.6 is 27.7 Å². The van der Waals surface area contributed by atoms with Gasteiger partial charge in [0.05, 0.1) is 0 Å². The van der Waals surface area contributed by atoms with Crippen molar-refractivity contribution >= 4 is 27.7 Å². The lowest BCUT2D eigenvalue weighted by Gasteiger charge is -2.16. The van der Waals surface area contributed by atoms with Crippen LogP contribution < -0.4 is 11.3 Å². The number of hydrogen-bond donors (Lipinski definition) is 2. The van der Waals surface area contributed by atoms with Gasteiger partial charge >= 0.3 is 0 Å². The Morgan fingerprint density at radius 3 is 2.61 bits per heavy atom. The number of nitrogens with two attached hydrogens (primary N) is 1. The molecule has 0 aliphatic carbocycles. The number of rotatable bonds is 8. The lowest BCUT2D eigenvalue weighted by molar-refractivity contribution is 0.469. The SMILES string of the molecule is CC(C)CCCC(CSc1ccccc1Br)NN. The predicted molar refractivity (Wildman–Crippen MR) is 84.7 cm³/mol. The van der Waals surface area contributed by atoms with Gasteiger partial charge in [-0.3, -0.25) is 11.3 Å². The predicted octanol–water partition coefficient (Wildman–Crippen LogP) is 4.20. The van der Waals surface area contributed by atoms with Crippen LogP contribution in [0.1, 0.15) is 33.1 Å². The van der Waals surface area contributed by atoms with Gasteiger partial charge < -0.3 is 0 Å². The van der Waals surface area contributed by atoms with Crippen molar-refractivity contribution in [2.75, 3.05) is 5.75 Å². The Morgan fingerprint density at radius 2 is 2.00 bits per heavy atom. The fourth-order valence-electron chi connectivity index (χ4n) is 1.74. The molecule has 0 saturated heterocycles. The molecule has 0 heterocycles. The number of hydrazine groups is 1. The zero-order valence-electron chi connectivity index (χ0n) is 11.2. The summed E-state index contributed by atoms with van der Waals surface area (Å²) in [6.45, 7) is 4.53. The van der Waals surface area contributed by atoms with E-state index in [1.54, 1.807) is 0 Å². The molecular formula is C14H23BrN2S. The van der Waals surface area contributed by atoms with Gasteiger partial charge in [-0.25, -0.2) is 0 Å². The van der Waals surface area contributed by atoms with E-state index < -0.39 is 0 Å². The zero-order chi connectivity index (χ0) is 13.4. The van der Waals surface area contributed by atoms with Crippen LogP contribution in [0.25, 0.3) is 0 Å². The van der Waals surface area contributed by atoms with Gasteiger partial charge in [0, 0.05) is 21.2 Å². The summed E-state index contributed by atoms with van der Waals surface area (Å²) in [6, 6.07) is 8.70. The molecular weight excluding hydrogens is 308 g/mol. The average molecular weight is 331 g/mol. The minimum absolute atomic E-state index is 0.390. The highest BCUT2D eigenvalue weighted by Gasteiger charge is 2.09. The molecule has 0 aliphatic heterocycles. The van der Waals surface area contributed by atoms with E-state index in [9.17, 15) is 0 Å². The molecule has 1 atom stereocenters. The Hall–Kier alpha value is -0.0300. The third-order valence-electron chi connectivity index (χ3n) is 2.85. The molecule has 1 unspecified atom stereocenters. The number of hydrogen-bond acceptors (Lipinski definition) is 3. The highest BCUT2D eigenvalue weighted by atomic mass is 79.9. The topological polar surface area (TPSA) is 38.0 Å². The third-order valence-corrected chi connectivity index (χ3v) is 5.04. The van der Waals surface area contributed by atoms with Crippen LogP contribution in [-0.2, 0) is 0 Å². The van der Waals surface area contributed by atoms with E-state index in [-0.39, 0.29) is 0 Å². The minimum atomic E-state index is 0.390. The summed E-state index contributed by atoms with van der Waals surface area (Å²) in [6.07, 6.45) is 3.66. The van der Waals surface area contributed by atoms with E-state index in [4.69, 9.17) is 5.84 Å². The summed E-state index contributed by atoms with van der Waals surface area (Å²) in [5.41, 5.74) is 2.93. The first-order valence-corrected chi connectivity index (χ1v) is 8.24. The minimum Gasteiger partial charge on any atom is -0.271 e. The lowest BCUT2D eigenvalue weighted by Crippen LogP contribution is -2.37. The second-order valence-electron chi connectivity index (χ2n) is 4.93. The van der Waals surface area contributed by atoms with Crippen LogP contribution in [0, 0.1) is 5.92 Å². The van der Waals surface area contributed by atoms with Gasteiger partial charge in [0.1, 0.15) is 0 Å². The third kappa shape index (κ3) is 6.23. The fourth-order valence-corrected chi connectivity index (χ4v) is 3.39. The molecule has 1 aromatic rings. The molecule has 0 fully saturated rings. The van der Waals surface area contributed by atoms with Gasteiger partial charge in [0.25, 0.3) is 0 Å². The van der Waals surface area contributed by atoms with E-state index >= 15 is 0 Å². The molecule has 0 aliphatic rings. The van der Waals surface area contributed by atoms with Gasteiger partial charge in [0.2, 0.25) is 0 Å². The Kier molecular flexibility index (Phi) is 7.98. The summed E-state index contributed by atoms with van der Waals surface area (Å²) in [4.78, 5) is 1.28. The maximum atomic E-state index is 5.62. The molecule has 2 nitrogen and oxygen atoms in total. The number of benzene rings is 1. The quantitative estimate of drug-likeness (QED) is 0.426. The fraction of sp³-hybridized carbons (Fsp3) is 0.571. The summed E-state index contributed by atoms with van der Waals surface area (Å²) in [5.74, 6) is 7.41. The zero-order valence-corrected chi connectivity index (χ0v) is 13.6. The summed E-state index contributed by atoms with van der Waals surface area (Å²) in [7, 11) is 0. The van der Waals surface area contributed by atoms with Crippen LogP contribution in [-0.4, -0.2) is 11.8 Å². The van der Waals surface area contributed by atoms with E-state index in [1.165, 1.54) is 17.7 Å². The normalized spacial score (nSPS) is 12.9. The average Bonchev–Trinajstić information content (AvgIpc) is 2.35. The highest BCUT2D eigenvalue weighted by molar-refractivity contribution is 9.10. The summed E-state index contributed by atoms with van der Waals surface area (Å²) in [5, 5.41) is 0. The largest absolute Gasteiger partial charge is 0.271 e. The van der Waals surface area contributed by atoms with Gasteiger partial charge in [-0.15, -0.1) is 11.8 Å². The van der Waals surface area contributed by atoms with Crippen LogP contribution in [0.2, 0.25) is 0 Å². The first kappa shape index (κ1) is 16.0. The van der Waals surface area contributed by atoms with Crippen molar-refractivity contribution in [3.05, 3.63) is 28.7 Å². The maximum absolute atomic E-state index is 5.62. The van der Waals surface area contributed by atoms with Crippen LogP contribution in [0.15, 0.2) is 33.6 Å². The van der Waals surface area contributed by atoms with Gasteiger partial charge in [-0.2, -0.15) is 0 Å². The van der Waals surface area contributed by atoms with Crippen molar-refractivity contribution in [1.82, 2.24) is 5.43 Å². The number of thioether (sulfide) groups is 1. The Balaban J connectivity index is 2.33. The van der Waals surface area contributed by atoms with Crippen molar-refractivity contribution < 1.29 is 0 Å². The molecule has 1 aromatic carbocycles. The van der Waals surface area contributed by atoms with E-state index in [1.807, 2.05) is 17.8 Å². The Morgan fingerprint density at radius 1 is 1.28 bits per heavy atom. The van der Waals surface area contributed by atoms with Gasteiger partial charge in [-0.1, -0.05) is 38.8 Å². The van der Waals surface area contributed by atoms with E-state index in [0.29, 0.717) is 6.04 Å². The molecule has 0 amide bonds. The summed E-state index contributed by atoms with van der Waals surface area (Å²) < 4.78 is 1.16. The lowest BCUT2D eigenvalue weighted by atomic mass is 10.0. The van der Waals surface area contributed by atoms with Gasteiger partial charge in [-0.05, 0) is 40.4 Å². The van der Waals surface area contributed by atoms with Crippen LogP contribution in [0.4, 0.5) is 0 Å². The number of halogens is 1. The second-order valence-corrected chi connectivity index (χ2v) is 6.85. The standard InChI is InChI=1S/C14H23BrN2S/c1-11(2)6-5-7-12(17-16)10-18-14-9-4-3-8-13(14)15/h3-4,8-9,11-12,17H,5-7,10,16H2,1-2H3. The molecule has 3 N–H and O–H groups in total. The molecule has 18 heavy (non-hydrogen) atoms. The Bertz CT molecular complexity index is 344. The molecule has 0 bridgehead atoms. The highest BCUT2D eigenvalue weighted by Crippen LogP contribution is 2.28. The van der Waals surface area contributed by atoms with E-state index in [0.717, 1.165) is 22.6 Å². The van der Waals surface area contributed by atoms with Crippen molar-refractivity contribution in [1.29, 1.82) is 0 Å². The van der Waals surface area contributed by atoms with Crippen LogP contribution in [0.5, 0.6) is 0 Å². The van der Waals surface area contributed by atoms with Crippen LogP contribution in [0.3, 0.4) is 0 Å². The van der Waals surface area contributed by atoms with Gasteiger partial charge in [0.15, 0.2) is 0 Å². The second kappa shape index (κ2) is 8.97. The maximum Gasteiger partial charge on any atom is 0.0311 e. The summed E-state index contributed by atoms with van der Waals surface area (Å²) >= 11 is 5.42. The smallest absolute Gasteiger partial charge is 0.0311 e. The molecule has 0 aromatic heterocycles. The molecule has 1 rings (SSSR count). The van der Waals surface area contributed by atoms with Crippen molar-refractivity contribution in [3.63, 3.8) is 0 Å². The monoisotopic (exact) mass is 330 g/mol. The van der Waals surface area contributed by atoms with Crippen molar-refractivity contribution in [2.45, 2.75) is 44.0 Å². The molecule has 4 heteroatoms. The first-order valence-electron chi connectivity index (χ1n) is 6.47. The first-order chi connectivity index (χ1) is 8.63. The molecule has 102 valence electrons. The molecule has 0 saturated carbocycles. The van der Waals surface area contributed by atoms with E-state index in [2.05, 4.69) is 53.4 Å². The Labute approximate surface area is 123 Å². The van der Waals surface area contributed by atoms with Crippen molar-refractivity contribution in [3.8, 4) is 0 Å².